The van der Waals surface area contributed by atoms with E-state index in [4.69, 9.17) is 16.9 Å². The summed E-state index contributed by atoms with van der Waals surface area (Å²) in [4.78, 5) is 6.84. The molecule has 2 aromatic heterocycles. The summed E-state index contributed by atoms with van der Waals surface area (Å²) in [5, 5.41) is 8.75. The molecule has 126 valence electrons. The van der Waals surface area contributed by atoms with Crippen molar-refractivity contribution in [1.29, 1.82) is 5.26 Å². The molecule has 3 rings (SSSR count). The molecule has 0 spiro atoms. The van der Waals surface area contributed by atoms with Gasteiger partial charge in [0, 0.05) is 12.4 Å². The van der Waals surface area contributed by atoms with Crippen LogP contribution in [0.5, 0.6) is 0 Å². The lowest BCUT2D eigenvalue weighted by Crippen LogP contribution is -2.13. The van der Waals surface area contributed by atoms with E-state index in [0.717, 1.165) is 12.1 Å². The second-order valence-corrected chi connectivity index (χ2v) is 7.08. The van der Waals surface area contributed by atoms with Gasteiger partial charge in [-0.15, -0.1) is 0 Å². The second kappa shape index (κ2) is 6.55. The van der Waals surface area contributed by atoms with Gasteiger partial charge in [0.1, 0.15) is 16.8 Å². The Balaban J connectivity index is 1.92. The van der Waals surface area contributed by atoms with E-state index in [1.54, 1.807) is 30.5 Å². The van der Waals surface area contributed by atoms with Crippen LogP contribution >= 0.6 is 11.6 Å². The van der Waals surface area contributed by atoms with Gasteiger partial charge in [0.25, 0.3) is 10.0 Å². The fraction of sp³-hybridized carbons (Fsp3) is 0. The first-order chi connectivity index (χ1) is 11.9. The van der Waals surface area contributed by atoms with Gasteiger partial charge in [-0.1, -0.05) is 17.7 Å². The highest BCUT2D eigenvalue weighted by molar-refractivity contribution is 7.92. The Morgan fingerprint density at radius 1 is 1.28 bits per heavy atom. The lowest BCUT2D eigenvalue weighted by atomic mass is 10.2. The predicted molar refractivity (Wildman–Crippen MR) is 91.0 cm³/mol. The second-order valence-electron chi connectivity index (χ2n) is 4.99. The Bertz CT molecular complexity index is 1080. The highest BCUT2D eigenvalue weighted by Gasteiger charge is 2.20. The van der Waals surface area contributed by atoms with Crippen LogP contribution in [0.1, 0.15) is 5.56 Å². The summed E-state index contributed by atoms with van der Waals surface area (Å²) in [6.07, 6.45) is 2.85. The molecule has 0 radical (unpaired) electrons. The number of halogens is 2. The normalized spacial score (nSPS) is 11.1. The summed E-state index contributed by atoms with van der Waals surface area (Å²) >= 11 is 5.82. The third kappa shape index (κ3) is 3.47. The molecule has 2 heterocycles. The lowest BCUT2D eigenvalue weighted by Gasteiger charge is -2.08. The van der Waals surface area contributed by atoms with Gasteiger partial charge < -0.3 is 4.98 Å². The van der Waals surface area contributed by atoms with E-state index in [1.807, 2.05) is 0 Å². The van der Waals surface area contributed by atoms with Crippen molar-refractivity contribution in [2.24, 2.45) is 0 Å². The van der Waals surface area contributed by atoms with Crippen molar-refractivity contribution in [1.82, 2.24) is 9.97 Å². The summed E-state index contributed by atoms with van der Waals surface area (Å²) in [5.41, 5.74) is 0.640. The van der Waals surface area contributed by atoms with Crippen molar-refractivity contribution in [2.45, 2.75) is 4.90 Å². The Kier molecular flexibility index (Phi) is 4.44. The van der Waals surface area contributed by atoms with Crippen LogP contribution in [0.3, 0.4) is 0 Å². The summed E-state index contributed by atoms with van der Waals surface area (Å²) in [6, 6.07) is 10.3. The fourth-order valence-electron chi connectivity index (χ4n) is 2.11. The first-order valence-electron chi connectivity index (χ1n) is 6.92. The average Bonchev–Trinajstić information content (AvgIpc) is 3.09. The predicted octanol–water partition coefficient (Wildman–Crippen LogP) is 3.54. The standard InChI is InChI=1S/C16H10ClFN4O2S/c17-12-7-15(13(18)5-10(12)8-19)22-25(23,24)11-6-16(21-9-11)14-3-1-2-4-20-14/h1-7,9,21-22H. The molecule has 0 atom stereocenters. The minimum absolute atomic E-state index is 0.0511. The molecule has 0 saturated carbocycles. The number of hydrogen-bond acceptors (Lipinski definition) is 4. The first kappa shape index (κ1) is 17.0. The van der Waals surface area contributed by atoms with E-state index in [9.17, 15) is 12.8 Å². The monoisotopic (exact) mass is 376 g/mol. The smallest absolute Gasteiger partial charge is 0.263 e. The Morgan fingerprint density at radius 2 is 2.08 bits per heavy atom. The molecule has 0 saturated heterocycles. The number of anilines is 1. The van der Waals surface area contributed by atoms with Gasteiger partial charge in [-0.2, -0.15) is 5.26 Å². The van der Waals surface area contributed by atoms with Crippen molar-refractivity contribution >= 4 is 27.3 Å². The van der Waals surface area contributed by atoms with Gasteiger partial charge in [-0.3, -0.25) is 9.71 Å². The molecule has 0 aliphatic heterocycles. The third-order valence-electron chi connectivity index (χ3n) is 3.33. The van der Waals surface area contributed by atoms with Crippen LogP contribution < -0.4 is 4.72 Å². The van der Waals surface area contributed by atoms with Crippen LogP contribution in [0, 0.1) is 17.1 Å². The van der Waals surface area contributed by atoms with Crippen molar-refractivity contribution in [3.63, 3.8) is 0 Å². The fourth-order valence-corrected chi connectivity index (χ4v) is 3.37. The van der Waals surface area contributed by atoms with Crippen molar-refractivity contribution in [3.8, 4) is 17.5 Å². The number of aromatic nitrogens is 2. The number of nitrogens with zero attached hydrogens (tertiary/aromatic N) is 2. The SMILES string of the molecule is N#Cc1cc(F)c(NS(=O)(=O)c2c[nH]c(-c3ccccn3)c2)cc1Cl. The average molecular weight is 377 g/mol. The van der Waals surface area contributed by atoms with Crippen LogP contribution in [-0.2, 0) is 10.0 Å². The number of pyridine rings is 1. The summed E-state index contributed by atoms with van der Waals surface area (Å²) < 4.78 is 41.0. The molecule has 2 N–H and O–H groups in total. The minimum atomic E-state index is -4.05. The topological polar surface area (TPSA) is 98.6 Å². The molecule has 0 bridgehead atoms. The van der Waals surface area contributed by atoms with Crippen molar-refractivity contribution in [2.75, 3.05) is 4.72 Å². The molecule has 0 aliphatic carbocycles. The van der Waals surface area contributed by atoms with Crippen LogP contribution in [-0.4, -0.2) is 18.4 Å². The maximum absolute atomic E-state index is 14.0. The summed E-state index contributed by atoms with van der Waals surface area (Å²) in [7, 11) is -4.05. The first-order valence-corrected chi connectivity index (χ1v) is 8.78. The number of benzene rings is 1. The maximum atomic E-state index is 14.0. The molecule has 1 aromatic carbocycles. The molecule has 0 aliphatic rings. The van der Waals surface area contributed by atoms with Gasteiger partial charge >= 0.3 is 0 Å². The zero-order valence-electron chi connectivity index (χ0n) is 12.5. The van der Waals surface area contributed by atoms with E-state index in [0.29, 0.717) is 11.4 Å². The van der Waals surface area contributed by atoms with E-state index in [-0.39, 0.29) is 21.2 Å². The molecular weight excluding hydrogens is 367 g/mol. The number of sulfonamides is 1. The Morgan fingerprint density at radius 3 is 2.76 bits per heavy atom. The van der Waals surface area contributed by atoms with Crippen LogP contribution in [0.15, 0.2) is 53.7 Å². The molecule has 3 aromatic rings. The maximum Gasteiger partial charge on any atom is 0.263 e. The van der Waals surface area contributed by atoms with Crippen molar-refractivity contribution in [3.05, 3.63) is 65.2 Å². The number of H-pyrrole nitrogens is 1. The van der Waals surface area contributed by atoms with Gasteiger partial charge in [0.2, 0.25) is 0 Å². The van der Waals surface area contributed by atoms with E-state index >= 15 is 0 Å². The molecular formula is C16H10ClFN4O2S. The van der Waals surface area contributed by atoms with Crippen LogP contribution in [0.25, 0.3) is 11.4 Å². The van der Waals surface area contributed by atoms with E-state index < -0.39 is 15.8 Å². The number of rotatable bonds is 4. The third-order valence-corrected chi connectivity index (χ3v) is 4.99. The largest absolute Gasteiger partial charge is 0.359 e. The zero-order valence-corrected chi connectivity index (χ0v) is 14.1. The highest BCUT2D eigenvalue weighted by Crippen LogP contribution is 2.27. The minimum Gasteiger partial charge on any atom is -0.359 e. The highest BCUT2D eigenvalue weighted by atomic mass is 35.5. The molecule has 6 nitrogen and oxygen atoms in total. The van der Waals surface area contributed by atoms with Crippen LogP contribution in [0.4, 0.5) is 10.1 Å². The number of aromatic amines is 1. The van der Waals surface area contributed by atoms with Gasteiger partial charge in [-0.25, -0.2) is 12.8 Å². The number of nitrogens with one attached hydrogen (secondary N) is 2. The molecule has 0 unspecified atom stereocenters. The quantitative estimate of drug-likeness (QED) is 0.727. The number of nitriles is 1. The van der Waals surface area contributed by atoms with E-state index in [1.165, 1.54) is 12.3 Å². The molecule has 0 amide bonds. The molecule has 9 heteroatoms. The van der Waals surface area contributed by atoms with E-state index in [2.05, 4.69) is 14.7 Å². The van der Waals surface area contributed by atoms with Gasteiger partial charge in [0.15, 0.2) is 0 Å². The summed E-state index contributed by atoms with van der Waals surface area (Å²) in [6.45, 7) is 0. The molecule has 25 heavy (non-hydrogen) atoms. The number of hydrogen-bond donors (Lipinski definition) is 2. The van der Waals surface area contributed by atoms with Crippen molar-refractivity contribution < 1.29 is 12.8 Å². The Hall–Kier alpha value is -2.89. The van der Waals surface area contributed by atoms with Crippen LogP contribution in [0.2, 0.25) is 5.02 Å². The lowest BCUT2D eigenvalue weighted by molar-refractivity contribution is 0.598. The van der Waals surface area contributed by atoms with Gasteiger partial charge in [0.05, 0.1) is 27.7 Å². The summed E-state index contributed by atoms with van der Waals surface area (Å²) in [5.74, 6) is -0.898. The zero-order chi connectivity index (χ0) is 18.0. The van der Waals surface area contributed by atoms with Gasteiger partial charge in [-0.05, 0) is 30.3 Å². The Labute approximate surface area is 148 Å². The molecule has 0 fully saturated rings.